The molecule has 0 spiro atoms. The summed E-state index contributed by atoms with van der Waals surface area (Å²) in [7, 11) is 0. The maximum atomic E-state index is 12.3. The molecule has 2 N–H and O–H groups in total. The molecular weight excluding hydrogens is 483 g/mol. The van der Waals surface area contributed by atoms with E-state index in [9.17, 15) is 15.2 Å². The molecule has 0 aliphatic rings. The van der Waals surface area contributed by atoms with Gasteiger partial charge in [0.2, 0.25) is 0 Å². The molecule has 4 nitrogen and oxygen atoms in total. The Bertz CT molecular complexity index is 829. The number of carbonyl (C=O) groups excluding carboxylic acids is 1. The van der Waals surface area contributed by atoms with Gasteiger partial charge in [0.25, 0.3) is 5.91 Å². The summed E-state index contributed by atoms with van der Waals surface area (Å²) in [4.78, 5) is 12.3. The Kier molecular flexibility index (Phi) is 6.40. The van der Waals surface area contributed by atoms with E-state index in [1.807, 2.05) is 65.9 Å². The molecule has 24 heavy (non-hydrogen) atoms. The number of rotatable bonds is 4. The number of nitrogens with zero attached hydrogens (tertiary/aromatic N) is 1. The smallest absolute Gasteiger partial charge is 0.262 e. The van der Waals surface area contributed by atoms with Gasteiger partial charge in [0.1, 0.15) is 17.4 Å². The number of phenols is 1. The second-order valence-corrected chi connectivity index (χ2v) is 7.18. The van der Waals surface area contributed by atoms with Crippen molar-refractivity contribution < 1.29 is 9.90 Å². The average Bonchev–Trinajstić information content (AvgIpc) is 2.57. The first-order valence-corrected chi connectivity index (χ1v) is 8.95. The minimum Gasteiger partial charge on any atom is -0.506 e. The Morgan fingerprint density at radius 1 is 1.38 bits per heavy atom. The standard InChI is InChI=1S/C18H14BrIN2O2/c1-11(12-5-3-2-4-6-12)22-18(24)14(10-21)7-13-8-15(19)9-16(20)17(13)23/h2-9,11,23H,1H3,(H,22,24)/b14-7+/t11-/m0/s1. The van der Waals surface area contributed by atoms with Crippen molar-refractivity contribution in [2.24, 2.45) is 0 Å². The average molecular weight is 497 g/mol. The Balaban J connectivity index is 2.25. The fourth-order valence-electron chi connectivity index (χ4n) is 2.10. The van der Waals surface area contributed by atoms with E-state index in [-0.39, 0.29) is 17.4 Å². The fourth-order valence-corrected chi connectivity index (χ4v) is 3.65. The monoisotopic (exact) mass is 496 g/mol. The molecule has 0 bridgehead atoms. The number of aromatic hydroxyl groups is 1. The number of hydrogen-bond acceptors (Lipinski definition) is 3. The van der Waals surface area contributed by atoms with Crippen molar-refractivity contribution in [1.29, 1.82) is 5.26 Å². The molecule has 2 rings (SSSR count). The molecular formula is C18H14BrIN2O2. The van der Waals surface area contributed by atoms with Gasteiger partial charge in [-0.25, -0.2) is 0 Å². The van der Waals surface area contributed by atoms with Crippen LogP contribution in [0.1, 0.15) is 24.1 Å². The topological polar surface area (TPSA) is 73.1 Å². The molecule has 0 heterocycles. The van der Waals surface area contributed by atoms with E-state index in [1.165, 1.54) is 6.08 Å². The van der Waals surface area contributed by atoms with Gasteiger partial charge in [-0.15, -0.1) is 0 Å². The summed E-state index contributed by atoms with van der Waals surface area (Å²) >= 11 is 5.32. The van der Waals surface area contributed by atoms with Gasteiger partial charge in [-0.3, -0.25) is 4.79 Å². The van der Waals surface area contributed by atoms with E-state index >= 15 is 0 Å². The first-order valence-electron chi connectivity index (χ1n) is 7.08. The number of phenolic OH excluding ortho intramolecular Hbond substituents is 1. The summed E-state index contributed by atoms with van der Waals surface area (Å²) < 4.78 is 1.38. The predicted molar refractivity (Wildman–Crippen MR) is 105 cm³/mol. The summed E-state index contributed by atoms with van der Waals surface area (Å²) in [6.07, 6.45) is 1.38. The molecule has 1 atom stereocenters. The van der Waals surface area contributed by atoms with Crippen molar-refractivity contribution in [1.82, 2.24) is 5.32 Å². The van der Waals surface area contributed by atoms with Crippen molar-refractivity contribution >= 4 is 50.5 Å². The van der Waals surface area contributed by atoms with Crippen LogP contribution in [0.2, 0.25) is 0 Å². The van der Waals surface area contributed by atoms with Crippen LogP contribution in [0.15, 0.2) is 52.5 Å². The Hall–Kier alpha value is -1.85. The van der Waals surface area contributed by atoms with Crippen LogP contribution in [0.5, 0.6) is 5.75 Å². The number of amides is 1. The zero-order chi connectivity index (χ0) is 17.7. The molecule has 1 amide bonds. The van der Waals surface area contributed by atoms with Gasteiger partial charge < -0.3 is 10.4 Å². The molecule has 2 aromatic carbocycles. The van der Waals surface area contributed by atoms with E-state index in [1.54, 1.807) is 12.1 Å². The van der Waals surface area contributed by atoms with Crippen LogP contribution < -0.4 is 5.32 Å². The number of halogens is 2. The van der Waals surface area contributed by atoms with Crippen molar-refractivity contribution in [2.45, 2.75) is 13.0 Å². The third-order valence-electron chi connectivity index (χ3n) is 3.37. The Morgan fingerprint density at radius 3 is 2.67 bits per heavy atom. The van der Waals surface area contributed by atoms with Crippen LogP contribution in [0.25, 0.3) is 6.08 Å². The minimum absolute atomic E-state index is 0.0375. The van der Waals surface area contributed by atoms with Gasteiger partial charge in [0.05, 0.1) is 9.61 Å². The lowest BCUT2D eigenvalue weighted by molar-refractivity contribution is -0.117. The van der Waals surface area contributed by atoms with E-state index in [4.69, 9.17) is 0 Å². The molecule has 0 aliphatic carbocycles. The summed E-state index contributed by atoms with van der Waals surface area (Å²) in [5, 5.41) is 22.2. The van der Waals surface area contributed by atoms with Gasteiger partial charge >= 0.3 is 0 Å². The molecule has 0 fully saturated rings. The van der Waals surface area contributed by atoms with Crippen LogP contribution in [0, 0.1) is 14.9 Å². The lowest BCUT2D eigenvalue weighted by Crippen LogP contribution is -2.27. The highest BCUT2D eigenvalue weighted by atomic mass is 127. The quantitative estimate of drug-likeness (QED) is 0.370. The van der Waals surface area contributed by atoms with E-state index < -0.39 is 5.91 Å². The number of nitriles is 1. The third kappa shape index (κ3) is 4.58. The lowest BCUT2D eigenvalue weighted by atomic mass is 10.1. The molecule has 0 radical (unpaired) electrons. The lowest BCUT2D eigenvalue weighted by Gasteiger charge is -2.14. The molecule has 0 unspecified atom stereocenters. The van der Waals surface area contributed by atoms with Crippen molar-refractivity contribution in [3.63, 3.8) is 0 Å². The Labute approximate surface area is 162 Å². The van der Waals surface area contributed by atoms with Gasteiger partial charge in [-0.2, -0.15) is 5.26 Å². The number of hydrogen-bond donors (Lipinski definition) is 2. The number of nitrogens with one attached hydrogen (secondary N) is 1. The van der Waals surface area contributed by atoms with Crippen molar-refractivity contribution in [2.75, 3.05) is 0 Å². The number of benzene rings is 2. The third-order valence-corrected chi connectivity index (χ3v) is 4.65. The van der Waals surface area contributed by atoms with Gasteiger partial charge in [-0.05, 0) is 53.3 Å². The van der Waals surface area contributed by atoms with Gasteiger partial charge in [0, 0.05) is 10.0 Å². The summed E-state index contributed by atoms with van der Waals surface area (Å²) in [6, 6.07) is 14.6. The first-order chi connectivity index (χ1) is 11.4. The summed E-state index contributed by atoms with van der Waals surface area (Å²) in [6.45, 7) is 1.85. The molecule has 0 aliphatic heterocycles. The van der Waals surface area contributed by atoms with Crippen LogP contribution in [-0.4, -0.2) is 11.0 Å². The van der Waals surface area contributed by atoms with Gasteiger partial charge in [0.15, 0.2) is 0 Å². The highest BCUT2D eigenvalue weighted by molar-refractivity contribution is 14.1. The normalized spacial score (nSPS) is 12.3. The zero-order valence-corrected chi connectivity index (χ0v) is 16.5. The van der Waals surface area contributed by atoms with Crippen molar-refractivity contribution in [3.8, 4) is 11.8 Å². The zero-order valence-electron chi connectivity index (χ0n) is 12.8. The highest BCUT2D eigenvalue weighted by Crippen LogP contribution is 2.30. The Morgan fingerprint density at radius 2 is 2.04 bits per heavy atom. The second kappa shape index (κ2) is 8.31. The predicted octanol–water partition coefficient (Wildman–Crippen LogP) is 4.54. The van der Waals surface area contributed by atoms with Gasteiger partial charge in [-0.1, -0.05) is 46.3 Å². The second-order valence-electron chi connectivity index (χ2n) is 5.10. The molecule has 0 saturated carbocycles. The van der Waals surface area contributed by atoms with Crippen LogP contribution in [0.3, 0.4) is 0 Å². The minimum atomic E-state index is -0.483. The SMILES string of the molecule is C[C@H](NC(=O)/C(C#N)=C/c1cc(Br)cc(I)c1O)c1ccccc1. The molecule has 122 valence electrons. The maximum absolute atomic E-state index is 12.3. The highest BCUT2D eigenvalue weighted by Gasteiger charge is 2.15. The van der Waals surface area contributed by atoms with E-state index in [0.717, 1.165) is 10.0 Å². The summed E-state index contributed by atoms with van der Waals surface area (Å²) in [5.74, 6) is -0.446. The molecule has 0 saturated heterocycles. The summed E-state index contributed by atoms with van der Waals surface area (Å²) in [5.41, 5.74) is 1.29. The fraction of sp³-hybridized carbons (Fsp3) is 0.111. The van der Waals surface area contributed by atoms with Crippen LogP contribution in [0.4, 0.5) is 0 Å². The van der Waals surface area contributed by atoms with Crippen LogP contribution in [-0.2, 0) is 4.79 Å². The molecule has 2 aromatic rings. The largest absolute Gasteiger partial charge is 0.506 e. The van der Waals surface area contributed by atoms with E-state index in [2.05, 4.69) is 21.2 Å². The maximum Gasteiger partial charge on any atom is 0.262 e. The first kappa shape index (κ1) is 18.5. The molecule has 6 heteroatoms. The molecule has 0 aromatic heterocycles. The number of carbonyl (C=O) groups is 1. The van der Waals surface area contributed by atoms with Crippen LogP contribution >= 0.6 is 38.5 Å². The van der Waals surface area contributed by atoms with Crippen molar-refractivity contribution in [3.05, 3.63) is 67.2 Å². The van der Waals surface area contributed by atoms with E-state index in [0.29, 0.717) is 9.13 Å².